The van der Waals surface area contributed by atoms with Gasteiger partial charge in [-0.05, 0) is 73.5 Å². The Bertz CT molecular complexity index is 1070. The van der Waals surface area contributed by atoms with Crippen molar-refractivity contribution >= 4 is 11.9 Å². The highest BCUT2D eigenvalue weighted by molar-refractivity contribution is 5.74. The monoisotopic (exact) mass is 518 g/mol. The Hall–Kier alpha value is -2.31. The molecule has 1 aromatic carbocycles. The molecule has 0 spiro atoms. The molecule has 4 nitrogen and oxygen atoms in total. The maximum atomic E-state index is 13.9. The summed E-state index contributed by atoms with van der Waals surface area (Å²) in [5.74, 6) is -0.306. The molecule has 0 amide bonds. The third kappa shape index (κ3) is 4.61. The third-order valence-electron chi connectivity index (χ3n) is 10.3. The van der Waals surface area contributed by atoms with Crippen LogP contribution in [0.1, 0.15) is 83.8 Å². The zero-order valence-corrected chi connectivity index (χ0v) is 21.9. The molecule has 202 valence electrons. The number of alkyl halides is 3. The van der Waals surface area contributed by atoms with Crippen LogP contribution in [0.3, 0.4) is 0 Å². The van der Waals surface area contributed by atoms with Crippen LogP contribution in [-0.4, -0.2) is 24.2 Å². The number of carbonyl (C=O) groups is 2. The van der Waals surface area contributed by atoms with Gasteiger partial charge >= 0.3 is 18.1 Å². The molecule has 0 aromatic heterocycles. The minimum atomic E-state index is -4.67. The lowest BCUT2D eigenvalue weighted by Crippen LogP contribution is -2.51. The molecule has 1 aromatic rings. The van der Waals surface area contributed by atoms with Gasteiger partial charge in [0.05, 0.1) is 5.92 Å². The van der Waals surface area contributed by atoms with Gasteiger partial charge in [0.2, 0.25) is 6.10 Å². The van der Waals surface area contributed by atoms with Gasteiger partial charge in [0, 0.05) is 18.9 Å². The van der Waals surface area contributed by atoms with Crippen LogP contribution in [-0.2, 0) is 19.1 Å². The fourth-order valence-electron chi connectivity index (χ4n) is 8.50. The quantitative estimate of drug-likeness (QED) is 0.309. The van der Waals surface area contributed by atoms with Crippen molar-refractivity contribution in [3.63, 3.8) is 0 Å². The van der Waals surface area contributed by atoms with E-state index in [0.29, 0.717) is 18.3 Å². The van der Waals surface area contributed by atoms with Crippen molar-refractivity contribution < 1.29 is 32.2 Å². The summed E-state index contributed by atoms with van der Waals surface area (Å²) in [6.45, 7) is 5.91. The lowest BCUT2D eigenvalue weighted by Gasteiger charge is -2.57. The molecule has 0 N–H and O–H groups in total. The van der Waals surface area contributed by atoms with E-state index in [1.807, 2.05) is 0 Å². The number of ether oxygens (including phenoxy) is 2. The highest BCUT2D eigenvalue weighted by atomic mass is 19.4. The Morgan fingerprint density at radius 2 is 1.73 bits per heavy atom. The molecule has 0 bridgehead atoms. The van der Waals surface area contributed by atoms with Gasteiger partial charge in [0.15, 0.2) is 0 Å². The average Bonchev–Trinajstić information content (AvgIpc) is 3.19. The number of fused-ring (bicyclic) bond motifs is 5. The first-order chi connectivity index (χ1) is 17.4. The summed E-state index contributed by atoms with van der Waals surface area (Å²) in [4.78, 5) is 24.8. The van der Waals surface area contributed by atoms with Gasteiger partial charge in [-0.2, -0.15) is 13.2 Å². The fraction of sp³-hybridized carbons (Fsp3) is 0.667. The van der Waals surface area contributed by atoms with Crippen LogP contribution in [0.4, 0.5) is 13.2 Å². The van der Waals surface area contributed by atoms with E-state index in [4.69, 9.17) is 9.47 Å². The van der Waals surface area contributed by atoms with Gasteiger partial charge in [-0.3, -0.25) is 9.59 Å². The summed E-state index contributed by atoms with van der Waals surface area (Å²) in [6, 6.07) is 7.42. The van der Waals surface area contributed by atoms with Crippen LogP contribution < -0.4 is 0 Å². The number of rotatable bonds is 4. The number of hydrogen-bond donors (Lipinski definition) is 0. The second kappa shape index (κ2) is 9.46. The lowest BCUT2D eigenvalue weighted by molar-refractivity contribution is -0.228. The SMILES string of the molecule is CC(=O)O[C@H]1CC[C@@]2(C)C(=CC[C@@H]3[C@H]4CC[C@@H](C(=O)O[C@H](c5ccccc5)C(F)(F)F)[C@@]4(C)CC[C@H]32)C1. The molecular formula is C30H37F3O4. The van der Waals surface area contributed by atoms with Crippen molar-refractivity contribution in [2.75, 3.05) is 0 Å². The van der Waals surface area contributed by atoms with Crippen molar-refractivity contribution in [2.45, 2.75) is 90.5 Å². The molecule has 8 atom stereocenters. The summed E-state index contributed by atoms with van der Waals surface area (Å²) >= 11 is 0. The molecule has 0 radical (unpaired) electrons. The van der Waals surface area contributed by atoms with Gasteiger partial charge in [-0.25, -0.2) is 0 Å². The molecule has 0 heterocycles. The number of hydrogen-bond acceptors (Lipinski definition) is 4. The van der Waals surface area contributed by atoms with Gasteiger partial charge < -0.3 is 9.47 Å². The Morgan fingerprint density at radius 1 is 1.00 bits per heavy atom. The van der Waals surface area contributed by atoms with E-state index >= 15 is 0 Å². The Kier molecular flexibility index (Phi) is 6.73. The van der Waals surface area contributed by atoms with Crippen molar-refractivity contribution in [3.05, 3.63) is 47.5 Å². The molecule has 0 saturated heterocycles. The Balaban J connectivity index is 1.34. The molecule has 7 heteroatoms. The number of halogens is 3. The largest absolute Gasteiger partial charge is 0.462 e. The number of carbonyl (C=O) groups excluding carboxylic acids is 2. The lowest BCUT2D eigenvalue weighted by atomic mass is 9.47. The van der Waals surface area contributed by atoms with E-state index < -0.39 is 24.2 Å². The molecule has 3 saturated carbocycles. The standard InChI is InChI=1S/C30H37F3O4/c1-18(34)36-21-13-15-28(2)20(17-21)9-10-22-23-11-12-25(29(23,3)16-14-24(22)28)27(35)37-26(30(31,32)33)19-7-5-4-6-8-19/h4-9,21-26H,10-17H2,1-3H3/t21-,22+,23+,24+,25-,26+,28-,29-/m0/s1. The second-order valence-electron chi connectivity index (χ2n) is 12.2. The van der Waals surface area contributed by atoms with Crippen molar-refractivity contribution in [2.24, 2.45) is 34.5 Å². The van der Waals surface area contributed by atoms with E-state index in [-0.39, 0.29) is 34.4 Å². The smallest absolute Gasteiger partial charge is 0.429 e. The molecule has 0 aliphatic heterocycles. The summed E-state index contributed by atoms with van der Waals surface area (Å²) in [6.07, 6.45) is 2.08. The van der Waals surface area contributed by atoms with Gasteiger partial charge in [-0.15, -0.1) is 0 Å². The molecule has 3 fully saturated rings. The highest BCUT2D eigenvalue weighted by Gasteiger charge is 2.61. The fourth-order valence-corrected chi connectivity index (χ4v) is 8.50. The van der Waals surface area contributed by atoms with Crippen LogP contribution in [0.25, 0.3) is 0 Å². The van der Waals surface area contributed by atoms with Crippen molar-refractivity contribution in [1.82, 2.24) is 0 Å². The van der Waals surface area contributed by atoms with E-state index in [0.717, 1.165) is 44.9 Å². The molecule has 0 unspecified atom stereocenters. The summed E-state index contributed by atoms with van der Waals surface area (Å²) < 4.78 is 52.5. The van der Waals surface area contributed by atoms with Crippen molar-refractivity contribution in [3.8, 4) is 0 Å². The van der Waals surface area contributed by atoms with Crippen LogP contribution in [0.5, 0.6) is 0 Å². The maximum Gasteiger partial charge on any atom is 0.429 e. The van der Waals surface area contributed by atoms with Gasteiger partial charge in [0.25, 0.3) is 0 Å². The first-order valence-corrected chi connectivity index (χ1v) is 13.6. The minimum absolute atomic E-state index is 0.0472. The first-order valence-electron chi connectivity index (χ1n) is 13.6. The van der Waals surface area contributed by atoms with E-state index in [2.05, 4.69) is 19.9 Å². The van der Waals surface area contributed by atoms with Crippen LogP contribution in [0.15, 0.2) is 42.0 Å². The number of esters is 2. The van der Waals surface area contributed by atoms with Gasteiger partial charge in [0.1, 0.15) is 6.10 Å². The second-order valence-corrected chi connectivity index (χ2v) is 12.2. The minimum Gasteiger partial charge on any atom is -0.462 e. The predicted octanol–water partition coefficient (Wildman–Crippen LogP) is 7.34. The van der Waals surface area contributed by atoms with Gasteiger partial charge in [-0.1, -0.05) is 55.8 Å². The summed E-state index contributed by atoms with van der Waals surface area (Å²) in [5, 5.41) is 0. The molecular weight excluding hydrogens is 481 g/mol. The summed E-state index contributed by atoms with van der Waals surface area (Å²) in [5.41, 5.74) is 1.03. The summed E-state index contributed by atoms with van der Waals surface area (Å²) in [7, 11) is 0. The number of benzene rings is 1. The zero-order valence-electron chi connectivity index (χ0n) is 21.9. The molecule has 4 aliphatic rings. The molecule has 5 rings (SSSR count). The Labute approximate surface area is 217 Å². The third-order valence-corrected chi connectivity index (χ3v) is 10.3. The number of allylic oxidation sites excluding steroid dienone is 1. The maximum absolute atomic E-state index is 13.9. The average molecular weight is 519 g/mol. The normalized spacial score (nSPS) is 37.9. The molecule has 4 aliphatic carbocycles. The topological polar surface area (TPSA) is 52.6 Å². The highest BCUT2D eigenvalue weighted by Crippen LogP contribution is 2.66. The van der Waals surface area contributed by atoms with Crippen LogP contribution in [0, 0.1) is 34.5 Å². The van der Waals surface area contributed by atoms with Crippen LogP contribution >= 0.6 is 0 Å². The zero-order chi connectivity index (χ0) is 26.6. The van der Waals surface area contributed by atoms with Crippen molar-refractivity contribution in [1.29, 1.82) is 0 Å². The molecule has 37 heavy (non-hydrogen) atoms. The van der Waals surface area contributed by atoms with Crippen LogP contribution in [0.2, 0.25) is 0 Å². The van der Waals surface area contributed by atoms with E-state index in [9.17, 15) is 22.8 Å². The predicted molar refractivity (Wildman–Crippen MR) is 132 cm³/mol. The van der Waals surface area contributed by atoms with E-state index in [1.165, 1.54) is 36.8 Å². The Morgan fingerprint density at radius 3 is 2.41 bits per heavy atom. The first kappa shape index (κ1) is 26.3. The van der Waals surface area contributed by atoms with E-state index in [1.54, 1.807) is 6.07 Å².